The van der Waals surface area contributed by atoms with Crippen LogP contribution in [-0.2, 0) is 0 Å². The molecule has 0 N–H and O–H groups in total. The molecule has 9 aromatic rings. The van der Waals surface area contributed by atoms with Gasteiger partial charge >= 0.3 is 0 Å². The summed E-state index contributed by atoms with van der Waals surface area (Å²) >= 11 is 0. The average Bonchev–Trinajstić information content (AvgIpc) is 3.68. The first-order chi connectivity index (χ1) is 21.8. The van der Waals surface area contributed by atoms with E-state index in [-0.39, 0.29) is 0 Å². The van der Waals surface area contributed by atoms with E-state index in [1.54, 1.807) is 12.4 Å². The Morgan fingerprint density at radius 2 is 1.25 bits per heavy atom. The van der Waals surface area contributed by atoms with E-state index < -0.39 is 0 Å². The first kappa shape index (κ1) is 24.5. The van der Waals surface area contributed by atoms with Gasteiger partial charge in [-0.2, -0.15) is 0 Å². The third-order valence-electron chi connectivity index (χ3n) is 8.29. The summed E-state index contributed by atoms with van der Waals surface area (Å²) in [7, 11) is 0. The van der Waals surface area contributed by atoms with Gasteiger partial charge in [0.05, 0.1) is 27.8 Å². The molecule has 0 unspecified atom stereocenters. The van der Waals surface area contributed by atoms with E-state index >= 15 is 0 Å². The lowest BCUT2D eigenvalue weighted by molar-refractivity contribution is 1.01. The van der Waals surface area contributed by atoms with Gasteiger partial charge in [0.2, 0.25) is 5.95 Å². The van der Waals surface area contributed by atoms with Crippen LogP contribution in [0.15, 0.2) is 146 Å². The molecule has 0 aliphatic heterocycles. The Bertz CT molecular complexity index is 2480. The number of rotatable bonds is 4. The molecule has 44 heavy (non-hydrogen) atoms. The van der Waals surface area contributed by atoms with E-state index in [0.29, 0.717) is 11.8 Å². The summed E-state index contributed by atoms with van der Waals surface area (Å²) in [5.74, 6) is 1.33. The Kier molecular flexibility index (Phi) is 5.40. The van der Waals surface area contributed by atoms with Crippen molar-refractivity contribution < 1.29 is 0 Å². The van der Waals surface area contributed by atoms with Crippen LogP contribution < -0.4 is 0 Å². The molecule has 0 amide bonds. The van der Waals surface area contributed by atoms with Crippen LogP contribution in [0.1, 0.15) is 0 Å². The molecule has 0 bridgehead atoms. The van der Waals surface area contributed by atoms with Crippen LogP contribution in [0, 0.1) is 0 Å². The SMILES string of the molecule is c1ccc(-n2ccc3ccc4c(c5ccccc5n4-c4nc(-c5ccc(-c6ncccn6)cc5)c5ccccc5n4)c32)cc1. The Hall–Kier alpha value is -6.14. The third kappa shape index (κ3) is 3.75. The van der Waals surface area contributed by atoms with Crippen LogP contribution in [0.2, 0.25) is 0 Å². The Balaban J connectivity index is 1.31. The molecule has 9 rings (SSSR count). The monoisotopic (exact) mass is 564 g/mol. The van der Waals surface area contributed by atoms with Crippen LogP contribution >= 0.6 is 0 Å². The molecule has 0 atom stereocenters. The predicted octanol–water partition coefficient (Wildman–Crippen LogP) is 8.79. The van der Waals surface area contributed by atoms with Gasteiger partial charge in [0.25, 0.3) is 0 Å². The van der Waals surface area contributed by atoms with E-state index in [2.05, 4.69) is 128 Å². The molecule has 6 heteroatoms. The van der Waals surface area contributed by atoms with E-state index in [9.17, 15) is 0 Å². The van der Waals surface area contributed by atoms with Crippen molar-refractivity contribution in [2.24, 2.45) is 0 Å². The maximum atomic E-state index is 5.28. The summed E-state index contributed by atoms with van der Waals surface area (Å²) in [5, 5.41) is 4.53. The minimum Gasteiger partial charge on any atom is -0.316 e. The predicted molar refractivity (Wildman–Crippen MR) is 177 cm³/mol. The fourth-order valence-corrected chi connectivity index (χ4v) is 6.31. The summed E-state index contributed by atoms with van der Waals surface area (Å²) in [5.41, 5.74) is 8.16. The minimum absolute atomic E-state index is 0.637. The highest BCUT2D eigenvalue weighted by Gasteiger charge is 2.20. The molecule has 4 heterocycles. The van der Waals surface area contributed by atoms with Crippen molar-refractivity contribution >= 4 is 43.6 Å². The number of para-hydroxylation sites is 3. The molecule has 0 aliphatic rings. The first-order valence-corrected chi connectivity index (χ1v) is 14.6. The highest BCUT2D eigenvalue weighted by atomic mass is 15.2. The number of nitrogens with zero attached hydrogens (tertiary/aromatic N) is 6. The summed E-state index contributed by atoms with van der Waals surface area (Å²) in [6.07, 6.45) is 5.67. The lowest BCUT2D eigenvalue weighted by Gasteiger charge is -2.12. The second kappa shape index (κ2) is 9.71. The molecule has 6 nitrogen and oxygen atoms in total. The Morgan fingerprint density at radius 3 is 2.09 bits per heavy atom. The van der Waals surface area contributed by atoms with Crippen molar-refractivity contribution in [2.75, 3.05) is 0 Å². The smallest absolute Gasteiger partial charge is 0.235 e. The van der Waals surface area contributed by atoms with Gasteiger partial charge in [0.1, 0.15) is 0 Å². The van der Waals surface area contributed by atoms with Crippen molar-refractivity contribution in [3.8, 4) is 34.3 Å². The number of benzene rings is 5. The average molecular weight is 565 g/mol. The quantitative estimate of drug-likeness (QED) is 0.214. The summed E-state index contributed by atoms with van der Waals surface area (Å²) in [6.45, 7) is 0. The molecule has 0 radical (unpaired) electrons. The van der Waals surface area contributed by atoms with Crippen LogP contribution in [0.5, 0.6) is 0 Å². The fraction of sp³-hybridized carbons (Fsp3) is 0. The molecule has 5 aromatic carbocycles. The van der Waals surface area contributed by atoms with E-state index in [1.165, 1.54) is 16.3 Å². The fourth-order valence-electron chi connectivity index (χ4n) is 6.31. The van der Waals surface area contributed by atoms with E-state index in [4.69, 9.17) is 9.97 Å². The van der Waals surface area contributed by atoms with Crippen molar-refractivity contribution in [3.05, 3.63) is 146 Å². The van der Waals surface area contributed by atoms with Crippen molar-refractivity contribution in [1.29, 1.82) is 0 Å². The second-order valence-corrected chi connectivity index (χ2v) is 10.8. The molecule has 0 aliphatic carbocycles. The second-order valence-electron chi connectivity index (χ2n) is 10.8. The van der Waals surface area contributed by atoms with Gasteiger partial charge in [0.15, 0.2) is 5.82 Å². The van der Waals surface area contributed by atoms with Gasteiger partial charge < -0.3 is 4.57 Å². The molecule has 206 valence electrons. The van der Waals surface area contributed by atoms with Crippen molar-refractivity contribution in [3.63, 3.8) is 0 Å². The minimum atomic E-state index is 0.637. The highest BCUT2D eigenvalue weighted by Crippen LogP contribution is 2.38. The van der Waals surface area contributed by atoms with Gasteiger partial charge in [-0.25, -0.2) is 19.9 Å². The Labute approximate surface area is 252 Å². The number of fused-ring (bicyclic) bond motifs is 6. The van der Waals surface area contributed by atoms with Gasteiger partial charge in [-0.3, -0.25) is 4.57 Å². The number of hydrogen-bond donors (Lipinski definition) is 0. The zero-order chi connectivity index (χ0) is 29.0. The molecule has 4 aromatic heterocycles. The highest BCUT2D eigenvalue weighted by molar-refractivity contribution is 6.20. The van der Waals surface area contributed by atoms with Crippen LogP contribution in [0.4, 0.5) is 0 Å². The number of hydrogen-bond acceptors (Lipinski definition) is 4. The largest absolute Gasteiger partial charge is 0.316 e. The van der Waals surface area contributed by atoms with E-state index in [1.807, 2.05) is 24.3 Å². The molecule has 0 fully saturated rings. The lowest BCUT2D eigenvalue weighted by Crippen LogP contribution is -2.03. The molecular formula is C38H24N6. The summed E-state index contributed by atoms with van der Waals surface area (Å²) in [4.78, 5) is 19.2. The Morgan fingerprint density at radius 1 is 0.523 bits per heavy atom. The van der Waals surface area contributed by atoms with Crippen LogP contribution in [0.25, 0.3) is 77.9 Å². The van der Waals surface area contributed by atoms with Crippen molar-refractivity contribution in [2.45, 2.75) is 0 Å². The summed E-state index contributed by atoms with van der Waals surface area (Å²) < 4.78 is 4.48. The van der Waals surface area contributed by atoms with Gasteiger partial charge in [-0.1, -0.05) is 84.9 Å². The number of aromatic nitrogens is 6. The zero-order valence-electron chi connectivity index (χ0n) is 23.5. The standard InChI is InChI=1S/C38H24N6/c1-2-9-28(10-3-1)43-24-21-26-19-20-33-34(36(26)43)30-12-5-7-14-32(30)44(33)38-41-31-13-6-4-11-29(31)35(42-38)25-15-17-27(18-16-25)37-39-22-8-23-40-37/h1-24H. The van der Waals surface area contributed by atoms with Gasteiger partial charge in [-0.15, -0.1) is 0 Å². The molecular weight excluding hydrogens is 540 g/mol. The van der Waals surface area contributed by atoms with E-state index in [0.717, 1.165) is 49.8 Å². The first-order valence-electron chi connectivity index (χ1n) is 14.6. The van der Waals surface area contributed by atoms with Crippen LogP contribution in [0.3, 0.4) is 0 Å². The third-order valence-corrected chi connectivity index (χ3v) is 8.29. The van der Waals surface area contributed by atoms with Crippen LogP contribution in [-0.4, -0.2) is 29.1 Å². The maximum absolute atomic E-state index is 5.28. The lowest BCUT2D eigenvalue weighted by atomic mass is 10.0. The van der Waals surface area contributed by atoms with Crippen molar-refractivity contribution in [1.82, 2.24) is 29.1 Å². The molecule has 0 spiro atoms. The van der Waals surface area contributed by atoms with Gasteiger partial charge in [0, 0.05) is 56.9 Å². The zero-order valence-corrected chi connectivity index (χ0v) is 23.5. The molecule has 0 saturated heterocycles. The topological polar surface area (TPSA) is 61.4 Å². The normalized spacial score (nSPS) is 11.6. The summed E-state index contributed by atoms with van der Waals surface area (Å²) in [6, 6.07) is 43.9. The molecule has 0 saturated carbocycles. The van der Waals surface area contributed by atoms with Gasteiger partial charge in [-0.05, 0) is 42.5 Å². The maximum Gasteiger partial charge on any atom is 0.235 e.